The Morgan fingerprint density at radius 3 is 2.72 bits per heavy atom. The summed E-state index contributed by atoms with van der Waals surface area (Å²) < 4.78 is 40.6. The molecule has 18 heavy (non-hydrogen) atoms. The molecule has 0 aliphatic carbocycles. The van der Waals surface area contributed by atoms with E-state index in [4.69, 9.17) is 9.52 Å². The topological polar surface area (TPSA) is 62.5 Å². The van der Waals surface area contributed by atoms with Gasteiger partial charge in [-0.3, -0.25) is 0 Å². The van der Waals surface area contributed by atoms with Crippen LogP contribution in [0.15, 0.2) is 10.5 Å². The lowest BCUT2D eigenvalue weighted by molar-refractivity contribution is -0.0327. The van der Waals surface area contributed by atoms with Gasteiger partial charge in [0.15, 0.2) is 0 Å². The molecule has 4 nitrogen and oxygen atoms in total. The zero-order chi connectivity index (χ0) is 13.8. The van der Waals surface area contributed by atoms with E-state index in [2.05, 4.69) is 5.32 Å². The summed E-state index contributed by atoms with van der Waals surface area (Å²) in [4.78, 5) is 10.7. The first kappa shape index (κ1) is 14.9. The Balaban J connectivity index is 2.32. The summed E-state index contributed by atoms with van der Waals surface area (Å²) in [5.74, 6) is -0.518. The van der Waals surface area contributed by atoms with Crippen LogP contribution < -0.4 is 5.32 Å². The van der Waals surface area contributed by atoms with Gasteiger partial charge in [0.05, 0.1) is 6.54 Å². The maximum Gasteiger partial charge on any atom is 0.441 e. The fourth-order valence-corrected chi connectivity index (χ4v) is 1.77. The van der Waals surface area contributed by atoms with Crippen LogP contribution in [0.3, 0.4) is 0 Å². The fourth-order valence-electron chi connectivity index (χ4n) is 1.29. The van der Waals surface area contributed by atoms with Crippen molar-refractivity contribution in [2.75, 3.05) is 12.3 Å². The van der Waals surface area contributed by atoms with Crippen LogP contribution in [0, 0.1) is 6.92 Å². The highest BCUT2D eigenvalue weighted by Gasteiger charge is 2.27. The maximum atomic E-state index is 11.8. The van der Waals surface area contributed by atoms with Gasteiger partial charge in [0.25, 0.3) is 0 Å². The van der Waals surface area contributed by atoms with Crippen LogP contribution in [0.5, 0.6) is 0 Å². The summed E-state index contributed by atoms with van der Waals surface area (Å²) in [6.45, 7) is 1.88. The lowest BCUT2D eigenvalue weighted by Gasteiger charge is -2.05. The Bertz CT molecular complexity index is 417. The average Bonchev–Trinajstić information content (AvgIpc) is 2.57. The molecule has 1 heterocycles. The first-order valence-corrected chi connectivity index (χ1v) is 6.02. The molecule has 102 valence electrons. The van der Waals surface area contributed by atoms with Crippen LogP contribution in [-0.4, -0.2) is 28.9 Å². The molecule has 8 heteroatoms. The molecule has 0 unspecified atom stereocenters. The van der Waals surface area contributed by atoms with Gasteiger partial charge in [-0.15, -0.1) is 0 Å². The molecule has 0 atom stereocenters. The van der Waals surface area contributed by atoms with Crippen LogP contribution in [0.1, 0.15) is 21.9 Å². The predicted molar refractivity (Wildman–Crippen MR) is 60.6 cm³/mol. The maximum absolute atomic E-state index is 11.8. The molecule has 0 spiro atoms. The molecule has 0 bridgehead atoms. The van der Waals surface area contributed by atoms with E-state index in [-0.39, 0.29) is 41.9 Å². The van der Waals surface area contributed by atoms with Crippen molar-refractivity contribution in [2.45, 2.75) is 19.0 Å². The molecule has 0 amide bonds. The smallest absolute Gasteiger partial charge is 0.441 e. The lowest BCUT2D eigenvalue weighted by atomic mass is 10.2. The highest BCUT2D eigenvalue weighted by molar-refractivity contribution is 8.00. The second-order valence-electron chi connectivity index (χ2n) is 3.46. The largest absolute Gasteiger partial charge is 0.478 e. The van der Waals surface area contributed by atoms with Crippen molar-refractivity contribution in [3.63, 3.8) is 0 Å². The Hall–Kier alpha value is -1.15. The van der Waals surface area contributed by atoms with Gasteiger partial charge in [-0.2, -0.15) is 13.2 Å². The van der Waals surface area contributed by atoms with Crippen molar-refractivity contribution in [3.05, 3.63) is 23.2 Å². The number of carbonyl (C=O) groups is 1. The van der Waals surface area contributed by atoms with Gasteiger partial charge in [-0.1, -0.05) is 0 Å². The molecule has 0 radical (unpaired) electrons. The normalized spacial score (nSPS) is 11.8. The molecule has 2 N–H and O–H groups in total. The van der Waals surface area contributed by atoms with E-state index >= 15 is 0 Å². The van der Waals surface area contributed by atoms with Gasteiger partial charge in [0, 0.05) is 12.3 Å². The molecule has 1 rings (SSSR count). The van der Waals surface area contributed by atoms with Gasteiger partial charge in [0.1, 0.15) is 17.1 Å². The summed E-state index contributed by atoms with van der Waals surface area (Å²) in [5, 5.41) is 11.5. The predicted octanol–water partition coefficient (Wildman–Crippen LogP) is 2.63. The van der Waals surface area contributed by atoms with Crippen molar-refractivity contribution in [1.82, 2.24) is 5.32 Å². The number of carboxylic acid groups (broad SMARTS) is 1. The summed E-state index contributed by atoms with van der Waals surface area (Å²) in [6, 6.07) is 1.36. The second kappa shape index (κ2) is 6.14. The number of rotatable bonds is 6. The number of hydrogen-bond acceptors (Lipinski definition) is 4. The fraction of sp³-hybridized carbons (Fsp3) is 0.500. The number of nitrogens with one attached hydrogen (secondary N) is 1. The minimum Gasteiger partial charge on any atom is -0.478 e. The summed E-state index contributed by atoms with van der Waals surface area (Å²) >= 11 is -0.105. The summed E-state index contributed by atoms with van der Waals surface area (Å²) in [6.07, 6.45) is 0. The molecule has 0 saturated heterocycles. The average molecular weight is 283 g/mol. The van der Waals surface area contributed by atoms with E-state index in [9.17, 15) is 18.0 Å². The van der Waals surface area contributed by atoms with Crippen molar-refractivity contribution in [1.29, 1.82) is 0 Å². The molecular formula is C10H12F3NO3S. The van der Waals surface area contributed by atoms with Gasteiger partial charge >= 0.3 is 11.5 Å². The van der Waals surface area contributed by atoms with Crippen molar-refractivity contribution >= 4 is 17.7 Å². The van der Waals surface area contributed by atoms with E-state index < -0.39 is 11.5 Å². The van der Waals surface area contributed by atoms with E-state index in [0.717, 1.165) is 0 Å². The molecule has 0 aromatic carbocycles. The molecule has 0 aliphatic rings. The van der Waals surface area contributed by atoms with E-state index in [1.807, 2.05) is 0 Å². The van der Waals surface area contributed by atoms with Crippen LogP contribution >= 0.6 is 11.8 Å². The Morgan fingerprint density at radius 1 is 1.56 bits per heavy atom. The standard InChI is InChI=1S/C10H12F3NO3S/c1-6-8(9(15)16)4-7(17-6)5-14-2-3-18-10(11,12)13/h4,14H,2-3,5H2,1H3,(H,15,16). The molecule has 1 aromatic heterocycles. The Morgan fingerprint density at radius 2 is 2.22 bits per heavy atom. The SMILES string of the molecule is Cc1oc(CNCCSC(F)(F)F)cc1C(=O)O. The number of hydrogen-bond donors (Lipinski definition) is 2. The monoisotopic (exact) mass is 283 g/mol. The number of furan rings is 1. The zero-order valence-electron chi connectivity index (χ0n) is 9.50. The van der Waals surface area contributed by atoms with Crippen LogP contribution in [-0.2, 0) is 6.54 Å². The highest BCUT2D eigenvalue weighted by atomic mass is 32.2. The minimum absolute atomic E-state index is 0.0662. The third kappa shape index (κ3) is 5.01. The third-order valence-electron chi connectivity index (χ3n) is 2.04. The minimum atomic E-state index is -4.22. The number of carboxylic acids is 1. The van der Waals surface area contributed by atoms with E-state index in [1.165, 1.54) is 13.0 Å². The molecule has 1 aromatic rings. The van der Waals surface area contributed by atoms with Crippen molar-refractivity contribution < 1.29 is 27.5 Å². The highest BCUT2D eigenvalue weighted by Crippen LogP contribution is 2.29. The molecule has 0 aliphatic heterocycles. The lowest BCUT2D eigenvalue weighted by Crippen LogP contribution is -2.18. The van der Waals surface area contributed by atoms with E-state index in [0.29, 0.717) is 5.76 Å². The third-order valence-corrected chi connectivity index (χ3v) is 2.78. The Kier molecular flexibility index (Phi) is 5.09. The van der Waals surface area contributed by atoms with E-state index in [1.54, 1.807) is 0 Å². The number of halogens is 3. The second-order valence-corrected chi connectivity index (χ2v) is 4.62. The first-order chi connectivity index (χ1) is 8.29. The molecule has 0 fully saturated rings. The number of alkyl halides is 3. The van der Waals surface area contributed by atoms with Crippen LogP contribution in [0.25, 0.3) is 0 Å². The van der Waals surface area contributed by atoms with Crippen molar-refractivity contribution in [2.24, 2.45) is 0 Å². The number of thioether (sulfide) groups is 1. The van der Waals surface area contributed by atoms with Crippen LogP contribution in [0.4, 0.5) is 13.2 Å². The first-order valence-electron chi connectivity index (χ1n) is 5.03. The molecular weight excluding hydrogens is 271 g/mol. The van der Waals surface area contributed by atoms with Gasteiger partial charge in [-0.25, -0.2) is 4.79 Å². The van der Waals surface area contributed by atoms with Gasteiger partial charge in [0.2, 0.25) is 0 Å². The van der Waals surface area contributed by atoms with Gasteiger partial charge in [-0.05, 0) is 24.8 Å². The Labute approximate surface area is 106 Å². The summed E-state index contributed by atoms with van der Waals surface area (Å²) in [5.41, 5.74) is -4.16. The van der Waals surface area contributed by atoms with Crippen LogP contribution in [0.2, 0.25) is 0 Å². The number of aromatic carboxylic acids is 1. The quantitative estimate of drug-likeness (QED) is 0.786. The number of aryl methyl sites for hydroxylation is 1. The van der Waals surface area contributed by atoms with Crippen molar-refractivity contribution in [3.8, 4) is 0 Å². The zero-order valence-corrected chi connectivity index (χ0v) is 10.3. The molecule has 0 saturated carbocycles. The summed E-state index contributed by atoms with van der Waals surface area (Å²) in [7, 11) is 0. The van der Waals surface area contributed by atoms with Gasteiger partial charge < -0.3 is 14.8 Å².